The predicted molar refractivity (Wildman–Crippen MR) is 97.7 cm³/mol. The first-order valence-corrected chi connectivity index (χ1v) is 9.41. The number of carbonyl (C=O) groups excluding carboxylic acids is 2. The molecule has 1 atom stereocenters. The van der Waals surface area contributed by atoms with Gasteiger partial charge >= 0.3 is 6.03 Å². The van der Waals surface area contributed by atoms with Gasteiger partial charge in [-0.2, -0.15) is 0 Å². The molecule has 144 valence electrons. The van der Waals surface area contributed by atoms with E-state index in [0.29, 0.717) is 26.1 Å². The monoisotopic (exact) mass is 362 g/mol. The minimum atomic E-state index is -0.136. The minimum Gasteiger partial charge on any atom is -0.445 e. The summed E-state index contributed by atoms with van der Waals surface area (Å²) in [5, 5.41) is 0. The van der Waals surface area contributed by atoms with Gasteiger partial charge in [0.25, 0.3) is 0 Å². The molecule has 0 N–H and O–H groups in total. The summed E-state index contributed by atoms with van der Waals surface area (Å²) in [5.41, 5.74) is 0.745. The number of aromatic nitrogens is 1. The third kappa shape index (κ3) is 3.71. The molecule has 1 aromatic rings. The zero-order chi connectivity index (χ0) is 19.1. The molecule has 0 aromatic carbocycles. The lowest BCUT2D eigenvalue weighted by Gasteiger charge is -2.36. The molecule has 7 nitrogen and oxygen atoms in total. The Morgan fingerprint density at radius 2 is 1.92 bits per heavy atom. The fourth-order valence-electron chi connectivity index (χ4n) is 3.60. The number of piperidine rings is 1. The van der Waals surface area contributed by atoms with Crippen molar-refractivity contribution in [2.75, 3.05) is 33.7 Å². The van der Waals surface area contributed by atoms with Crippen LogP contribution in [0.4, 0.5) is 4.79 Å². The quantitative estimate of drug-likeness (QED) is 0.768. The van der Waals surface area contributed by atoms with Crippen LogP contribution in [0.5, 0.6) is 0 Å². The van der Waals surface area contributed by atoms with E-state index in [-0.39, 0.29) is 23.3 Å². The van der Waals surface area contributed by atoms with Crippen LogP contribution in [-0.4, -0.2) is 65.4 Å². The second kappa shape index (κ2) is 6.93. The Morgan fingerprint density at radius 3 is 2.58 bits per heavy atom. The summed E-state index contributed by atoms with van der Waals surface area (Å²) in [7, 11) is 3.49. The molecule has 0 saturated carbocycles. The number of hydrogen-bond donors (Lipinski definition) is 0. The van der Waals surface area contributed by atoms with Gasteiger partial charge in [-0.15, -0.1) is 0 Å². The van der Waals surface area contributed by atoms with E-state index in [1.807, 2.05) is 4.90 Å². The molecule has 1 unspecified atom stereocenters. The van der Waals surface area contributed by atoms with Crippen molar-refractivity contribution in [1.82, 2.24) is 19.7 Å². The van der Waals surface area contributed by atoms with E-state index < -0.39 is 0 Å². The molecule has 0 bridgehead atoms. The van der Waals surface area contributed by atoms with Crippen LogP contribution in [-0.2, 0) is 23.2 Å². The highest BCUT2D eigenvalue weighted by molar-refractivity contribution is 5.81. The number of nitrogens with zero attached hydrogens (tertiary/aromatic N) is 4. The van der Waals surface area contributed by atoms with Gasteiger partial charge in [0.1, 0.15) is 11.5 Å². The Kier molecular flexibility index (Phi) is 4.99. The topological polar surface area (TPSA) is 69.9 Å². The van der Waals surface area contributed by atoms with E-state index in [0.717, 1.165) is 36.7 Å². The van der Waals surface area contributed by atoms with Crippen molar-refractivity contribution in [2.45, 2.75) is 52.0 Å². The molecule has 0 aliphatic carbocycles. The van der Waals surface area contributed by atoms with E-state index in [1.54, 1.807) is 23.9 Å². The summed E-state index contributed by atoms with van der Waals surface area (Å²) >= 11 is 0. The van der Waals surface area contributed by atoms with E-state index in [9.17, 15) is 9.59 Å². The maximum Gasteiger partial charge on any atom is 0.319 e. The lowest BCUT2D eigenvalue weighted by Crippen LogP contribution is -2.50. The first-order valence-electron chi connectivity index (χ1n) is 9.41. The first-order chi connectivity index (χ1) is 12.2. The second-order valence-electron chi connectivity index (χ2n) is 8.61. The highest BCUT2D eigenvalue weighted by Crippen LogP contribution is 2.29. The molecule has 3 rings (SSSR count). The normalized spacial score (nSPS) is 20.7. The largest absolute Gasteiger partial charge is 0.445 e. The minimum absolute atomic E-state index is 0.0187. The van der Waals surface area contributed by atoms with Crippen molar-refractivity contribution in [3.63, 3.8) is 0 Å². The molecule has 3 heterocycles. The Labute approximate surface area is 155 Å². The van der Waals surface area contributed by atoms with Crippen LogP contribution in [0.2, 0.25) is 0 Å². The smallest absolute Gasteiger partial charge is 0.319 e. The molecule has 26 heavy (non-hydrogen) atoms. The summed E-state index contributed by atoms with van der Waals surface area (Å²) in [5.74, 6) is 1.65. The zero-order valence-electron chi connectivity index (χ0n) is 16.5. The SMILES string of the molecule is CN(C)C(=O)N1CCCC(C(=O)N2CCc3oc(C(C)(C)C)nc3C2)C1. The van der Waals surface area contributed by atoms with Crippen LogP contribution in [0.15, 0.2) is 4.42 Å². The summed E-state index contributed by atoms with van der Waals surface area (Å²) in [6.07, 6.45) is 2.41. The van der Waals surface area contributed by atoms with Gasteiger partial charge in [-0.1, -0.05) is 20.8 Å². The number of rotatable bonds is 1. The summed E-state index contributed by atoms with van der Waals surface area (Å²) in [6.45, 7) is 8.62. The number of fused-ring (bicyclic) bond motifs is 1. The van der Waals surface area contributed by atoms with Crippen molar-refractivity contribution in [3.8, 4) is 0 Å². The Hall–Kier alpha value is -2.05. The molecule has 7 heteroatoms. The van der Waals surface area contributed by atoms with Crippen LogP contribution in [0, 0.1) is 5.92 Å². The number of amides is 3. The van der Waals surface area contributed by atoms with Crippen LogP contribution in [0.25, 0.3) is 0 Å². The van der Waals surface area contributed by atoms with Gasteiger partial charge in [0.15, 0.2) is 5.89 Å². The third-order valence-corrected chi connectivity index (χ3v) is 5.10. The molecule has 3 amide bonds. The Bertz CT molecular complexity index is 689. The Balaban J connectivity index is 1.67. The average molecular weight is 362 g/mol. The maximum atomic E-state index is 13.0. The number of carbonyl (C=O) groups is 2. The van der Waals surface area contributed by atoms with Crippen molar-refractivity contribution < 1.29 is 14.0 Å². The van der Waals surface area contributed by atoms with E-state index in [1.165, 1.54) is 0 Å². The van der Waals surface area contributed by atoms with Gasteiger partial charge in [0.05, 0.1) is 12.5 Å². The van der Waals surface area contributed by atoms with E-state index in [4.69, 9.17) is 4.42 Å². The number of urea groups is 1. The van der Waals surface area contributed by atoms with Crippen molar-refractivity contribution >= 4 is 11.9 Å². The number of hydrogen-bond acceptors (Lipinski definition) is 4. The summed E-state index contributed by atoms with van der Waals surface area (Å²) in [4.78, 5) is 35.1. The molecule has 2 aliphatic rings. The molecule has 1 aromatic heterocycles. The van der Waals surface area contributed by atoms with Gasteiger partial charge in [-0.05, 0) is 12.8 Å². The molecular weight excluding hydrogens is 332 g/mol. The van der Waals surface area contributed by atoms with Crippen molar-refractivity contribution in [3.05, 3.63) is 17.3 Å². The van der Waals surface area contributed by atoms with Crippen LogP contribution < -0.4 is 0 Å². The highest BCUT2D eigenvalue weighted by atomic mass is 16.4. The fraction of sp³-hybridized carbons (Fsp3) is 0.737. The molecule has 1 fully saturated rings. The Morgan fingerprint density at radius 1 is 1.19 bits per heavy atom. The third-order valence-electron chi connectivity index (χ3n) is 5.10. The molecular formula is C19H30N4O3. The molecule has 0 radical (unpaired) electrons. The average Bonchev–Trinajstić information content (AvgIpc) is 3.04. The predicted octanol–water partition coefficient (Wildman–Crippen LogP) is 2.25. The van der Waals surface area contributed by atoms with Gasteiger partial charge in [0.2, 0.25) is 5.91 Å². The van der Waals surface area contributed by atoms with E-state index >= 15 is 0 Å². The van der Waals surface area contributed by atoms with Gasteiger partial charge < -0.3 is 19.1 Å². The highest BCUT2D eigenvalue weighted by Gasteiger charge is 2.35. The van der Waals surface area contributed by atoms with Crippen LogP contribution in [0.3, 0.4) is 0 Å². The summed E-state index contributed by atoms with van der Waals surface area (Å²) < 4.78 is 5.91. The van der Waals surface area contributed by atoms with Gasteiger partial charge in [-0.3, -0.25) is 4.79 Å². The number of likely N-dealkylation sites (tertiary alicyclic amines) is 1. The van der Waals surface area contributed by atoms with Crippen LogP contribution in [0.1, 0.15) is 51.0 Å². The summed E-state index contributed by atoms with van der Waals surface area (Å²) in [6, 6.07) is -0.0187. The van der Waals surface area contributed by atoms with Crippen molar-refractivity contribution in [2.24, 2.45) is 5.92 Å². The molecule has 1 saturated heterocycles. The lowest BCUT2D eigenvalue weighted by atomic mass is 9.96. The van der Waals surface area contributed by atoms with Crippen LogP contribution >= 0.6 is 0 Å². The van der Waals surface area contributed by atoms with Gasteiger partial charge in [0, 0.05) is 45.6 Å². The molecule has 0 spiro atoms. The van der Waals surface area contributed by atoms with Crippen molar-refractivity contribution in [1.29, 1.82) is 0 Å². The standard InChI is InChI=1S/C19H30N4O3/c1-19(2,3)17-20-14-12-22(10-8-15(14)26-17)16(24)13-7-6-9-23(11-13)18(25)21(4)5/h13H,6-12H2,1-5H3. The number of oxazole rings is 1. The lowest BCUT2D eigenvalue weighted by molar-refractivity contribution is -0.138. The van der Waals surface area contributed by atoms with Gasteiger partial charge in [-0.25, -0.2) is 9.78 Å². The van der Waals surface area contributed by atoms with E-state index in [2.05, 4.69) is 25.8 Å². The zero-order valence-corrected chi connectivity index (χ0v) is 16.5. The molecule has 2 aliphatic heterocycles. The maximum absolute atomic E-state index is 13.0. The second-order valence-corrected chi connectivity index (χ2v) is 8.61. The fourth-order valence-corrected chi connectivity index (χ4v) is 3.60. The first kappa shape index (κ1) is 18.7.